The highest BCUT2D eigenvalue weighted by Gasteiger charge is 2.40. The molecule has 1 aromatic rings. The molecule has 0 spiro atoms. The molecule has 1 N–H and O–H groups in total. The van der Waals surface area contributed by atoms with Crippen molar-refractivity contribution >= 4 is 15.9 Å². The second-order valence-corrected chi connectivity index (χ2v) is 5.88. The van der Waals surface area contributed by atoms with Crippen LogP contribution in [0.2, 0.25) is 0 Å². The fourth-order valence-electron chi connectivity index (χ4n) is 2.27. The van der Waals surface area contributed by atoms with Gasteiger partial charge in [0.2, 0.25) is 0 Å². The van der Waals surface area contributed by atoms with Gasteiger partial charge in [0, 0.05) is 13.1 Å². The average Bonchev–Trinajstić information content (AvgIpc) is 2.24. The molecule has 1 heterocycles. The third-order valence-corrected chi connectivity index (χ3v) is 4.43. The number of hydrogen-bond acceptors (Lipinski definition) is 2. The van der Waals surface area contributed by atoms with E-state index in [2.05, 4.69) is 46.9 Å². The van der Waals surface area contributed by atoms with E-state index in [1.54, 1.807) is 0 Å². The molecule has 2 unspecified atom stereocenters. The van der Waals surface area contributed by atoms with E-state index < -0.39 is 5.60 Å². The van der Waals surface area contributed by atoms with Gasteiger partial charge in [-0.2, -0.15) is 0 Å². The van der Waals surface area contributed by atoms with Crippen molar-refractivity contribution < 1.29 is 5.11 Å². The van der Waals surface area contributed by atoms with Crippen molar-refractivity contribution in [1.82, 2.24) is 4.90 Å². The van der Waals surface area contributed by atoms with Gasteiger partial charge in [-0.25, -0.2) is 0 Å². The van der Waals surface area contributed by atoms with Crippen molar-refractivity contribution in [2.75, 3.05) is 20.1 Å². The Morgan fingerprint density at radius 3 is 2.88 bits per heavy atom. The predicted octanol–water partition coefficient (Wildman–Crippen LogP) is 2.28. The summed E-state index contributed by atoms with van der Waals surface area (Å²) < 4.78 is 0. The average molecular weight is 284 g/mol. The lowest BCUT2D eigenvalue weighted by Crippen LogP contribution is -2.49. The minimum Gasteiger partial charge on any atom is -0.384 e. The molecule has 88 valence electrons. The highest BCUT2D eigenvalue weighted by molar-refractivity contribution is 9.09. The maximum Gasteiger partial charge on any atom is 0.105 e. The monoisotopic (exact) mass is 283 g/mol. The minimum atomic E-state index is -0.724. The van der Waals surface area contributed by atoms with E-state index in [0.717, 1.165) is 25.1 Å². The molecular formula is C13H18BrNO. The lowest BCUT2D eigenvalue weighted by atomic mass is 9.84. The van der Waals surface area contributed by atoms with Gasteiger partial charge in [-0.3, -0.25) is 0 Å². The third kappa shape index (κ3) is 2.17. The molecule has 0 amide bonds. The van der Waals surface area contributed by atoms with E-state index in [4.69, 9.17) is 0 Å². The van der Waals surface area contributed by atoms with E-state index in [1.165, 1.54) is 5.56 Å². The Bertz CT molecular complexity index is 382. The van der Waals surface area contributed by atoms with Gasteiger partial charge >= 0.3 is 0 Å². The second-order valence-electron chi connectivity index (χ2n) is 4.77. The summed E-state index contributed by atoms with van der Waals surface area (Å²) in [5.41, 5.74) is 1.51. The third-order valence-electron chi connectivity index (χ3n) is 3.38. The number of nitrogens with zero attached hydrogens (tertiary/aromatic N) is 1. The maximum atomic E-state index is 10.8. The van der Waals surface area contributed by atoms with Crippen LogP contribution in [0.25, 0.3) is 0 Å². The zero-order valence-corrected chi connectivity index (χ0v) is 11.4. The molecule has 1 saturated heterocycles. The van der Waals surface area contributed by atoms with Crippen LogP contribution in [0, 0.1) is 6.92 Å². The van der Waals surface area contributed by atoms with Crippen molar-refractivity contribution in [1.29, 1.82) is 0 Å². The summed E-state index contributed by atoms with van der Waals surface area (Å²) in [5.74, 6) is 0. The van der Waals surface area contributed by atoms with Gasteiger partial charge in [-0.05, 0) is 26.0 Å². The van der Waals surface area contributed by atoms with Gasteiger partial charge in [-0.15, -0.1) is 0 Å². The first-order valence-electron chi connectivity index (χ1n) is 5.64. The van der Waals surface area contributed by atoms with E-state index in [-0.39, 0.29) is 4.83 Å². The number of aliphatic hydroxyl groups is 1. The van der Waals surface area contributed by atoms with Gasteiger partial charge in [0.1, 0.15) is 5.60 Å². The van der Waals surface area contributed by atoms with Crippen molar-refractivity contribution in [3.05, 3.63) is 35.4 Å². The Balaban J connectivity index is 2.31. The standard InChI is InChI=1S/C13H18BrNO/c1-10-4-3-5-11(8-10)13(16)6-7-15(2)9-12(13)14/h3-5,8,12,16H,6-7,9H2,1-2H3. The van der Waals surface area contributed by atoms with Crippen LogP contribution in [0.4, 0.5) is 0 Å². The summed E-state index contributed by atoms with van der Waals surface area (Å²) in [5, 5.41) is 10.8. The molecule has 0 aromatic heterocycles. The zero-order chi connectivity index (χ0) is 11.8. The number of hydrogen-bond donors (Lipinski definition) is 1. The van der Waals surface area contributed by atoms with Gasteiger partial charge in [0.25, 0.3) is 0 Å². The number of benzene rings is 1. The van der Waals surface area contributed by atoms with E-state index in [1.807, 2.05) is 12.1 Å². The van der Waals surface area contributed by atoms with E-state index in [0.29, 0.717) is 0 Å². The molecule has 1 aromatic carbocycles. The Morgan fingerprint density at radius 2 is 2.25 bits per heavy atom. The van der Waals surface area contributed by atoms with Crippen molar-refractivity contribution in [2.24, 2.45) is 0 Å². The normalized spacial score (nSPS) is 31.6. The molecule has 0 saturated carbocycles. The molecule has 1 fully saturated rings. The van der Waals surface area contributed by atoms with Crippen LogP contribution in [0.3, 0.4) is 0 Å². The number of aryl methyl sites for hydroxylation is 1. The van der Waals surface area contributed by atoms with Gasteiger partial charge in [0.15, 0.2) is 0 Å². The Kier molecular flexibility index (Phi) is 3.38. The maximum absolute atomic E-state index is 10.8. The summed E-state index contributed by atoms with van der Waals surface area (Å²) >= 11 is 3.62. The molecule has 0 aliphatic carbocycles. The van der Waals surface area contributed by atoms with E-state index in [9.17, 15) is 5.11 Å². The molecule has 1 aliphatic rings. The summed E-state index contributed by atoms with van der Waals surface area (Å²) in [7, 11) is 2.09. The van der Waals surface area contributed by atoms with Crippen LogP contribution in [-0.4, -0.2) is 35.0 Å². The number of likely N-dealkylation sites (tertiary alicyclic amines) is 1. The number of alkyl halides is 1. The smallest absolute Gasteiger partial charge is 0.105 e. The molecular weight excluding hydrogens is 266 g/mol. The van der Waals surface area contributed by atoms with Gasteiger partial charge in [0.05, 0.1) is 4.83 Å². The highest BCUT2D eigenvalue weighted by atomic mass is 79.9. The van der Waals surface area contributed by atoms with Crippen LogP contribution in [0.5, 0.6) is 0 Å². The summed E-state index contributed by atoms with van der Waals surface area (Å²) in [6.45, 7) is 3.88. The molecule has 2 atom stereocenters. The summed E-state index contributed by atoms with van der Waals surface area (Å²) in [6.07, 6.45) is 0.781. The van der Waals surface area contributed by atoms with Crippen molar-refractivity contribution in [3.63, 3.8) is 0 Å². The lowest BCUT2D eigenvalue weighted by molar-refractivity contribution is -0.0114. The molecule has 2 rings (SSSR count). The van der Waals surface area contributed by atoms with Gasteiger partial charge in [-0.1, -0.05) is 45.8 Å². The van der Waals surface area contributed by atoms with Crippen LogP contribution < -0.4 is 0 Å². The van der Waals surface area contributed by atoms with E-state index >= 15 is 0 Å². The van der Waals surface area contributed by atoms with Crippen LogP contribution >= 0.6 is 15.9 Å². The first-order chi connectivity index (χ1) is 7.52. The Labute approximate surface area is 105 Å². The highest BCUT2D eigenvalue weighted by Crippen LogP contribution is 2.37. The number of rotatable bonds is 1. The van der Waals surface area contributed by atoms with Crippen LogP contribution in [0.15, 0.2) is 24.3 Å². The van der Waals surface area contributed by atoms with Crippen LogP contribution in [0.1, 0.15) is 17.5 Å². The first kappa shape index (κ1) is 12.1. The summed E-state index contributed by atoms with van der Waals surface area (Å²) in [6, 6.07) is 8.18. The Morgan fingerprint density at radius 1 is 1.50 bits per heavy atom. The van der Waals surface area contributed by atoms with Crippen LogP contribution in [-0.2, 0) is 5.60 Å². The first-order valence-corrected chi connectivity index (χ1v) is 6.56. The largest absolute Gasteiger partial charge is 0.384 e. The minimum absolute atomic E-state index is 0.0977. The zero-order valence-electron chi connectivity index (χ0n) is 9.78. The Hall–Kier alpha value is -0.380. The molecule has 0 radical (unpaired) electrons. The predicted molar refractivity (Wildman–Crippen MR) is 69.9 cm³/mol. The molecule has 1 aliphatic heterocycles. The SMILES string of the molecule is Cc1cccc(C2(O)CCN(C)CC2Br)c1. The fraction of sp³-hybridized carbons (Fsp3) is 0.538. The molecule has 16 heavy (non-hydrogen) atoms. The lowest BCUT2D eigenvalue weighted by Gasteiger charge is -2.41. The number of halogens is 1. The fourth-order valence-corrected chi connectivity index (χ4v) is 3.26. The quantitative estimate of drug-likeness (QED) is 0.800. The summed E-state index contributed by atoms with van der Waals surface area (Å²) in [4.78, 5) is 2.34. The van der Waals surface area contributed by atoms with Crippen molar-refractivity contribution in [2.45, 2.75) is 23.8 Å². The molecule has 0 bridgehead atoms. The number of piperidine rings is 1. The van der Waals surface area contributed by atoms with Gasteiger partial charge < -0.3 is 10.0 Å². The topological polar surface area (TPSA) is 23.5 Å². The van der Waals surface area contributed by atoms with Crippen molar-refractivity contribution in [3.8, 4) is 0 Å². The molecule has 2 nitrogen and oxygen atoms in total. The molecule has 3 heteroatoms. The second kappa shape index (κ2) is 4.47.